The van der Waals surface area contributed by atoms with Gasteiger partial charge in [0.1, 0.15) is 18.9 Å². The van der Waals surface area contributed by atoms with E-state index >= 15 is 0 Å². The molecule has 0 heterocycles. The minimum Gasteiger partial charge on any atom is -0.488 e. The van der Waals surface area contributed by atoms with Crippen molar-refractivity contribution in [1.82, 2.24) is 4.90 Å². The molecule has 150 valence electrons. The van der Waals surface area contributed by atoms with Crippen molar-refractivity contribution in [3.8, 4) is 5.75 Å². The number of nitrogens with zero attached hydrogens (tertiary/aromatic N) is 1. The molecule has 2 aromatic rings. The number of ether oxygens (including phenoxy) is 1. The van der Waals surface area contributed by atoms with Crippen LogP contribution in [-0.4, -0.2) is 56.5 Å². The van der Waals surface area contributed by atoms with Crippen LogP contribution < -0.4 is 15.0 Å². The third-order valence-corrected chi connectivity index (χ3v) is 4.71. The number of rotatable bonds is 9. The fourth-order valence-electron chi connectivity index (χ4n) is 2.74. The molecule has 0 aliphatic heterocycles. The van der Waals surface area contributed by atoms with Crippen molar-refractivity contribution in [2.75, 3.05) is 39.1 Å². The third-order valence-electron chi connectivity index (χ3n) is 4.71. The predicted octanol–water partition coefficient (Wildman–Crippen LogP) is 1.37. The van der Waals surface area contributed by atoms with E-state index in [0.717, 1.165) is 21.9 Å². The number of amides is 2. The summed E-state index contributed by atoms with van der Waals surface area (Å²) in [5, 5.41) is 2.82. The number of aryl methyl sites for hydroxylation is 1. The number of anilines is 1. The second-order valence-electron chi connectivity index (χ2n) is 7.09. The molecule has 0 aliphatic carbocycles. The molecule has 0 radical (unpaired) electrons. The summed E-state index contributed by atoms with van der Waals surface area (Å²) >= 11 is 0. The van der Waals surface area contributed by atoms with Gasteiger partial charge in [-0.15, -0.1) is 0 Å². The SMILES string of the molecule is Cc1ccc(NC(=O)CN(C)C(=O)[C@H](C)[NH+](C)CCOc2ccccc2)cc1. The van der Waals surface area contributed by atoms with Gasteiger partial charge in [0.15, 0.2) is 6.04 Å². The standard InChI is InChI=1S/C22H29N3O3/c1-17-10-12-19(13-11-17)23-21(26)16-25(4)22(27)18(2)24(3)14-15-28-20-8-6-5-7-9-20/h5-13,18H,14-16H2,1-4H3,(H,23,26)/p+1/t18-/m0/s1. The van der Waals surface area contributed by atoms with Crippen molar-refractivity contribution in [3.05, 3.63) is 60.2 Å². The maximum atomic E-state index is 12.6. The van der Waals surface area contributed by atoms with Crippen molar-refractivity contribution >= 4 is 17.5 Å². The maximum Gasteiger partial charge on any atom is 0.280 e. The van der Waals surface area contributed by atoms with E-state index in [-0.39, 0.29) is 24.4 Å². The molecule has 0 spiro atoms. The van der Waals surface area contributed by atoms with Gasteiger partial charge < -0.3 is 19.9 Å². The van der Waals surface area contributed by atoms with Crippen LogP contribution >= 0.6 is 0 Å². The van der Waals surface area contributed by atoms with Crippen LogP contribution in [0.15, 0.2) is 54.6 Å². The van der Waals surface area contributed by atoms with Crippen LogP contribution in [0.1, 0.15) is 12.5 Å². The Balaban J connectivity index is 1.76. The molecule has 2 amide bonds. The van der Waals surface area contributed by atoms with E-state index < -0.39 is 0 Å². The first-order chi connectivity index (χ1) is 13.4. The highest BCUT2D eigenvalue weighted by Gasteiger charge is 2.26. The predicted molar refractivity (Wildman–Crippen MR) is 111 cm³/mol. The Hall–Kier alpha value is -2.86. The van der Waals surface area contributed by atoms with Crippen molar-refractivity contribution in [1.29, 1.82) is 0 Å². The molecule has 0 aliphatic rings. The number of nitrogens with one attached hydrogen (secondary N) is 2. The topological polar surface area (TPSA) is 63.1 Å². The summed E-state index contributed by atoms with van der Waals surface area (Å²) in [6.07, 6.45) is 0. The smallest absolute Gasteiger partial charge is 0.280 e. The number of carbonyl (C=O) groups excluding carboxylic acids is 2. The highest BCUT2D eigenvalue weighted by Crippen LogP contribution is 2.09. The Morgan fingerprint density at radius 1 is 1.11 bits per heavy atom. The zero-order valence-electron chi connectivity index (χ0n) is 17.1. The molecule has 0 saturated heterocycles. The molecule has 2 N–H and O–H groups in total. The van der Waals surface area contributed by atoms with Gasteiger partial charge in [-0.2, -0.15) is 0 Å². The third kappa shape index (κ3) is 6.70. The van der Waals surface area contributed by atoms with Crippen LogP contribution in [0.2, 0.25) is 0 Å². The number of carbonyl (C=O) groups is 2. The van der Waals surface area contributed by atoms with Gasteiger partial charge in [-0.25, -0.2) is 0 Å². The van der Waals surface area contributed by atoms with Crippen molar-refractivity contribution in [2.45, 2.75) is 19.9 Å². The average molecular weight is 385 g/mol. The van der Waals surface area contributed by atoms with Crippen molar-refractivity contribution < 1.29 is 19.2 Å². The molecule has 28 heavy (non-hydrogen) atoms. The summed E-state index contributed by atoms with van der Waals surface area (Å²) in [6.45, 7) is 5.08. The maximum absolute atomic E-state index is 12.6. The average Bonchev–Trinajstić information content (AvgIpc) is 2.69. The molecular formula is C22H30N3O3+. The van der Waals surface area contributed by atoms with Crippen LogP contribution in [-0.2, 0) is 9.59 Å². The van der Waals surface area contributed by atoms with Gasteiger partial charge in [0.25, 0.3) is 5.91 Å². The molecular weight excluding hydrogens is 354 g/mol. The molecule has 2 aromatic carbocycles. The van der Waals surface area contributed by atoms with E-state index in [1.54, 1.807) is 7.05 Å². The van der Waals surface area contributed by atoms with Crippen LogP contribution in [0, 0.1) is 6.92 Å². The second kappa shape index (κ2) is 10.5. The van der Waals surface area contributed by atoms with E-state index in [4.69, 9.17) is 4.74 Å². The molecule has 0 aromatic heterocycles. The van der Waals surface area contributed by atoms with Crippen molar-refractivity contribution in [2.24, 2.45) is 0 Å². The number of quaternary nitrogens is 1. The molecule has 6 nitrogen and oxygen atoms in total. The Morgan fingerprint density at radius 3 is 2.39 bits per heavy atom. The lowest BCUT2D eigenvalue weighted by atomic mass is 10.2. The van der Waals surface area contributed by atoms with Crippen LogP contribution in [0.4, 0.5) is 5.69 Å². The highest BCUT2D eigenvalue weighted by atomic mass is 16.5. The Kier molecular flexibility index (Phi) is 8.02. The van der Waals surface area contributed by atoms with Crippen LogP contribution in [0.5, 0.6) is 5.75 Å². The summed E-state index contributed by atoms with van der Waals surface area (Å²) < 4.78 is 5.70. The minimum absolute atomic E-state index is 0.0187. The summed E-state index contributed by atoms with van der Waals surface area (Å²) in [4.78, 5) is 27.3. The van der Waals surface area contributed by atoms with Gasteiger partial charge in [-0.1, -0.05) is 35.9 Å². The fraction of sp³-hybridized carbons (Fsp3) is 0.364. The Morgan fingerprint density at radius 2 is 1.75 bits per heavy atom. The van der Waals surface area contributed by atoms with Crippen LogP contribution in [0.25, 0.3) is 0 Å². The van der Waals surface area contributed by atoms with E-state index in [2.05, 4.69) is 5.32 Å². The van der Waals surface area contributed by atoms with E-state index in [9.17, 15) is 9.59 Å². The molecule has 0 fully saturated rings. The summed E-state index contributed by atoms with van der Waals surface area (Å²) in [5.41, 5.74) is 1.85. The first-order valence-corrected chi connectivity index (χ1v) is 9.48. The number of likely N-dealkylation sites (N-methyl/N-ethyl adjacent to an activating group) is 2. The Labute approximate surface area is 167 Å². The van der Waals surface area contributed by atoms with E-state index in [1.165, 1.54) is 4.90 Å². The first kappa shape index (κ1) is 21.4. The van der Waals surface area contributed by atoms with E-state index in [1.807, 2.05) is 75.5 Å². The molecule has 6 heteroatoms. The molecule has 0 saturated carbocycles. The van der Waals surface area contributed by atoms with Gasteiger partial charge in [-0.05, 0) is 38.1 Å². The number of benzene rings is 2. The number of hydrogen-bond acceptors (Lipinski definition) is 3. The van der Waals surface area contributed by atoms with Gasteiger partial charge in [0.2, 0.25) is 5.91 Å². The van der Waals surface area contributed by atoms with Gasteiger partial charge >= 0.3 is 0 Å². The quantitative estimate of drug-likeness (QED) is 0.687. The first-order valence-electron chi connectivity index (χ1n) is 9.48. The van der Waals surface area contributed by atoms with Crippen molar-refractivity contribution in [3.63, 3.8) is 0 Å². The summed E-state index contributed by atoms with van der Waals surface area (Å²) in [7, 11) is 3.61. The fourth-order valence-corrected chi connectivity index (χ4v) is 2.74. The molecule has 1 unspecified atom stereocenters. The molecule has 2 rings (SSSR count). The zero-order chi connectivity index (χ0) is 20.5. The van der Waals surface area contributed by atoms with E-state index in [0.29, 0.717) is 13.2 Å². The number of para-hydroxylation sites is 1. The summed E-state index contributed by atoms with van der Waals surface area (Å²) in [5.74, 6) is 0.535. The largest absolute Gasteiger partial charge is 0.488 e. The monoisotopic (exact) mass is 384 g/mol. The van der Waals surface area contributed by atoms with Gasteiger partial charge in [0, 0.05) is 12.7 Å². The second-order valence-corrected chi connectivity index (χ2v) is 7.09. The summed E-state index contributed by atoms with van der Waals surface area (Å²) in [6, 6.07) is 16.9. The lowest BCUT2D eigenvalue weighted by Crippen LogP contribution is -3.14. The lowest BCUT2D eigenvalue weighted by Gasteiger charge is -2.25. The van der Waals surface area contributed by atoms with Crippen LogP contribution in [0.3, 0.4) is 0 Å². The van der Waals surface area contributed by atoms with Gasteiger partial charge in [-0.3, -0.25) is 9.59 Å². The number of hydrogen-bond donors (Lipinski definition) is 2. The van der Waals surface area contributed by atoms with Gasteiger partial charge in [0.05, 0.1) is 13.6 Å². The molecule has 2 atom stereocenters. The molecule has 0 bridgehead atoms. The Bertz CT molecular complexity index is 762. The zero-order valence-corrected chi connectivity index (χ0v) is 17.1. The highest BCUT2D eigenvalue weighted by molar-refractivity contribution is 5.94. The lowest BCUT2D eigenvalue weighted by molar-refractivity contribution is -0.894. The minimum atomic E-state index is -0.267. The normalized spacial score (nSPS) is 12.7.